The Morgan fingerprint density at radius 1 is 1.00 bits per heavy atom. The third-order valence-corrected chi connectivity index (χ3v) is 5.74. The highest BCUT2D eigenvalue weighted by Gasteiger charge is 2.33. The minimum absolute atomic E-state index is 0.224. The molecule has 0 aromatic heterocycles. The number of hydrogen-bond donors (Lipinski definition) is 1. The fourth-order valence-corrected chi connectivity index (χ4v) is 3.84. The van der Waals surface area contributed by atoms with E-state index in [1.54, 1.807) is 12.1 Å². The van der Waals surface area contributed by atoms with E-state index in [4.69, 9.17) is 16.3 Å². The number of nitrogens with zero attached hydrogens (tertiary/aromatic N) is 1. The molecular formula is C24H18BrClN2O3. The molecule has 1 aliphatic heterocycles. The fraction of sp³-hybridized carbons (Fsp3) is 0.0833. The summed E-state index contributed by atoms with van der Waals surface area (Å²) in [6.07, 6.45) is 1.65. The second-order valence-electron chi connectivity index (χ2n) is 6.94. The molecule has 0 radical (unpaired) electrons. The highest BCUT2D eigenvalue weighted by Crippen LogP contribution is 2.29. The highest BCUT2D eigenvalue weighted by molar-refractivity contribution is 9.10. The lowest BCUT2D eigenvalue weighted by Crippen LogP contribution is -2.30. The molecule has 0 spiro atoms. The van der Waals surface area contributed by atoms with Crippen molar-refractivity contribution < 1.29 is 14.3 Å². The second-order valence-corrected chi connectivity index (χ2v) is 8.20. The van der Waals surface area contributed by atoms with Gasteiger partial charge in [0.15, 0.2) is 0 Å². The van der Waals surface area contributed by atoms with Crippen LogP contribution >= 0.6 is 27.5 Å². The van der Waals surface area contributed by atoms with Gasteiger partial charge in [0.25, 0.3) is 5.91 Å². The number of rotatable bonds is 6. The summed E-state index contributed by atoms with van der Waals surface area (Å²) in [7, 11) is 0. The van der Waals surface area contributed by atoms with Crippen molar-refractivity contribution in [2.75, 3.05) is 0 Å². The zero-order valence-electron chi connectivity index (χ0n) is 16.3. The van der Waals surface area contributed by atoms with Gasteiger partial charge in [-0.1, -0.05) is 66.2 Å². The molecule has 0 aliphatic carbocycles. The number of hydrogen-bond acceptors (Lipinski definition) is 3. The molecule has 3 amide bonds. The van der Waals surface area contributed by atoms with Crippen LogP contribution in [0, 0.1) is 0 Å². The van der Waals surface area contributed by atoms with Crippen LogP contribution in [0.3, 0.4) is 0 Å². The SMILES string of the molecule is O=C1N/C(=C/c2ccc(OCc3ccccc3Cl)c(Br)c2)C(=O)N1Cc1ccccc1. The van der Waals surface area contributed by atoms with E-state index in [1.807, 2.05) is 66.7 Å². The molecule has 1 heterocycles. The van der Waals surface area contributed by atoms with E-state index >= 15 is 0 Å². The van der Waals surface area contributed by atoms with Crippen molar-refractivity contribution in [1.82, 2.24) is 10.2 Å². The van der Waals surface area contributed by atoms with Gasteiger partial charge >= 0.3 is 6.03 Å². The highest BCUT2D eigenvalue weighted by atomic mass is 79.9. The molecule has 0 atom stereocenters. The van der Waals surface area contributed by atoms with Gasteiger partial charge < -0.3 is 10.1 Å². The lowest BCUT2D eigenvalue weighted by Gasteiger charge is -2.11. The van der Waals surface area contributed by atoms with Gasteiger partial charge in [0, 0.05) is 10.6 Å². The number of carbonyl (C=O) groups is 2. The Bertz CT molecular complexity index is 1160. The molecule has 156 valence electrons. The van der Waals surface area contributed by atoms with Crippen LogP contribution in [0.2, 0.25) is 5.02 Å². The summed E-state index contributed by atoms with van der Waals surface area (Å²) in [6, 6.07) is 21.9. The van der Waals surface area contributed by atoms with Gasteiger partial charge in [-0.25, -0.2) is 4.79 Å². The van der Waals surface area contributed by atoms with Crippen molar-refractivity contribution in [3.63, 3.8) is 0 Å². The van der Waals surface area contributed by atoms with Crippen LogP contribution in [0.5, 0.6) is 5.75 Å². The van der Waals surface area contributed by atoms with Gasteiger partial charge in [-0.05, 0) is 51.3 Å². The molecule has 4 rings (SSSR count). The first-order valence-corrected chi connectivity index (χ1v) is 10.7. The lowest BCUT2D eigenvalue weighted by atomic mass is 10.1. The van der Waals surface area contributed by atoms with Gasteiger partial charge in [-0.2, -0.15) is 0 Å². The van der Waals surface area contributed by atoms with Crippen LogP contribution in [0.4, 0.5) is 4.79 Å². The first kappa shape index (κ1) is 21.2. The second kappa shape index (κ2) is 9.37. The predicted molar refractivity (Wildman–Crippen MR) is 123 cm³/mol. The molecule has 5 nitrogen and oxygen atoms in total. The molecule has 1 fully saturated rings. The van der Waals surface area contributed by atoms with E-state index in [0.717, 1.165) is 21.2 Å². The van der Waals surface area contributed by atoms with Crippen molar-refractivity contribution in [3.05, 3.63) is 105 Å². The number of halogens is 2. The summed E-state index contributed by atoms with van der Waals surface area (Å²) in [5.74, 6) is 0.290. The van der Waals surface area contributed by atoms with Crippen molar-refractivity contribution in [2.45, 2.75) is 13.2 Å². The maximum Gasteiger partial charge on any atom is 0.329 e. The molecule has 31 heavy (non-hydrogen) atoms. The first-order valence-electron chi connectivity index (χ1n) is 9.55. The molecular weight excluding hydrogens is 480 g/mol. The zero-order chi connectivity index (χ0) is 21.8. The van der Waals surface area contributed by atoms with Gasteiger partial charge in [0.05, 0.1) is 11.0 Å². The Morgan fingerprint density at radius 3 is 2.48 bits per heavy atom. The smallest absolute Gasteiger partial charge is 0.329 e. The largest absolute Gasteiger partial charge is 0.488 e. The number of nitrogens with one attached hydrogen (secondary N) is 1. The molecule has 7 heteroatoms. The van der Waals surface area contributed by atoms with Gasteiger partial charge in [0.1, 0.15) is 18.1 Å². The molecule has 3 aromatic rings. The van der Waals surface area contributed by atoms with E-state index in [-0.39, 0.29) is 18.1 Å². The minimum Gasteiger partial charge on any atom is -0.488 e. The van der Waals surface area contributed by atoms with Crippen molar-refractivity contribution in [3.8, 4) is 5.75 Å². The summed E-state index contributed by atoms with van der Waals surface area (Å²) in [4.78, 5) is 26.2. The van der Waals surface area contributed by atoms with Crippen LogP contribution in [0.25, 0.3) is 6.08 Å². The van der Waals surface area contributed by atoms with Crippen molar-refractivity contribution >= 4 is 45.5 Å². The standard InChI is InChI=1S/C24H18BrClN2O3/c25-19-12-17(10-11-22(19)31-15-18-8-4-5-9-20(18)26)13-21-23(29)28(24(30)27-21)14-16-6-2-1-3-7-16/h1-13H,14-15H2,(H,27,30)/b21-13+. The van der Waals surface area contributed by atoms with E-state index in [0.29, 0.717) is 17.4 Å². The number of benzene rings is 3. The Balaban J connectivity index is 1.46. The molecule has 1 saturated heterocycles. The molecule has 3 aromatic carbocycles. The topological polar surface area (TPSA) is 58.6 Å². The van der Waals surface area contributed by atoms with Crippen molar-refractivity contribution in [2.24, 2.45) is 0 Å². The molecule has 0 bridgehead atoms. The number of imide groups is 1. The van der Waals surface area contributed by atoms with E-state index in [2.05, 4.69) is 21.2 Å². The zero-order valence-corrected chi connectivity index (χ0v) is 18.7. The van der Waals surface area contributed by atoms with Crippen LogP contribution in [0.1, 0.15) is 16.7 Å². The maximum atomic E-state index is 12.7. The van der Waals surface area contributed by atoms with Gasteiger partial charge in [0.2, 0.25) is 0 Å². The molecule has 0 unspecified atom stereocenters. The summed E-state index contributed by atoms with van der Waals surface area (Å²) in [6.45, 7) is 0.559. The monoisotopic (exact) mass is 496 g/mol. The number of ether oxygens (including phenoxy) is 1. The average Bonchev–Trinajstić information content (AvgIpc) is 3.02. The summed E-state index contributed by atoms with van der Waals surface area (Å²) < 4.78 is 6.58. The third-order valence-electron chi connectivity index (χ3n) is 4.75. The van der Waals surface area contributed by atoms with Gasteiger partial charge in [-0.15, -0.1) is 0 Å². The van der Waals surface area contributed by atoms with Crippen LogP contribution in [-0.4, -0.2) is 16.8 Å². The maximum absolute atomic E-state index is 12.7. The molecule has 1 N–H and O–H groups in total. The van der Waals surface area contributed by atoms with Crippen LogP contribution < -0.4 is 10.1 Å². The molecule has 0 saturated carbocycles. The van der Waals surface area contributed by atoms with E-state index in [1.165, 1.54) is 4.90 Å². The first-order chi connectivity index (χ1) is 15.0. The summed E-state index contributed by atoms with van der Waals surface area (Å²) >= 11 is 9.67. The summed E-state index contributed by atoms with van der Waals surface area (Å²) in [5, 5.41) is 3.30. The van der Waals surface area contributed by atoms with Gasteiger partial charge in [-0.3, -0.25) is 9.69 Å². The van der Waals surface area contributed by atoms with E-state index in [9.17, 15) is 9.59 Å². The lowest BCUT2D eigenvalue weighted by molar-refractivity contribution is -0.123. The van der Waals surface area contributed by atoms with Crippen LogP contribution in [0.15, 0.2) is 83.0 Å². The van der Waals surface area contributed by atoms with Crippen LogP contribution in [-0.2, 0) is 17.9 Å². The molecule has 1 aliphatic rings. The number of urea groups is 1. The third kappa shape index (κ3) is 4.98. The normalized spacial score (nSPS) is 14.8. The number of amides is 3. The number of carbonyl (C=O) groups excluding carboxylic acids is 2. The summed E-state index contributed by atoms with van der Waals surface area (Å²) in [5.41, 5.74) is 2.76. The fourth-order valence-electron chi connectivity index (χ4n) is 3.14. The minimum atomic E-state index is -0.432. The van der Waals surface area contributed by atoms with Crippen molar-refractivity contribution in [1.29, 1.82) is 0 Å². The quantitative estimate of drug-likeness (QED) is 0.347. The Labute approximate surface area is 193 Å². The van der Waals surface area contributed by atoms with E-state index < -0.39 is 6.03 Å². The Hall–Kier alpha value is -3.09. The predicted octanol–water partition coefficient (Wildman–Crippen LogP) is 5.77. The average molecular weight is 498 g/mol. The Morgan fingerprint density at radius 2 is 1.74 bits per heavy atom. The Kier molecular flexibility index (Phi) is 6.39.